The van der Waals surface area contributed by atoms with E-state index in [1.165, 1.54) is 0 Å². The quantitative estimate of drug-likeness (QED) is 0.686. The van der Waals surface area contributed by atoms with Gasteiger partial charge in [0.2, 0.25) is 0 Å². The average molecular weight is 188 g/mol. The average Bonchev–Trinajstić information content (AvgIpc) is 2.19. The van der Waals surface area contributed by atoms with Crippen LogP contribution in [0.2, 0.25) is 0 Å². The van der Waals surface area contributed by atoms with E-state index in [4.69, 9.17) is 14.9 Å². The molecule has 1 rings (SSSR count). The van der Waals surface area contributed by atoms with E-state index >= 15 is 0 Å². The second-order valence-electron chi connectivity index (χ2n) is 4.39. The van der Waals surface area contributed by atoms with Gasteiger partial charge in [0.15, 0.2) is 0 Å². The Bertz CT molecular complexity index is 137. The Kier molecular flexibility index (Phi) is 4.16. The maximum Gasteiger partial charge on any atom is 0.0506 e. The van der Waals surface area contributed by atoms with E-state index < -0.39 is 0 Å². The highest BCUT2D eigenvalue weighted by Crippen LogP contribution is 2.30. The minimum Gasteiger partial charge on any atom is -0.396 e. The molecule has 0 atom stereocenters. The monoisotopic (exact) mass is 188 g/mol. The van der Waals surface area contributed by atoms with Crippen LogP contribution in [0.5, 0.6) is 0 Å². The van der Waals surface area contributed by atoms with Crippen LogP contribution in [-0.4, -0.2) is 36.6 Å². The third-order valence-electron chi connectivity index (χ3n) is 2.89. The Hall–Kier alpha value is -0.120. The smallest absolute Gasteiger partial charge is 0.0506 e. The van der Waals surface area contributed by atoms with Gasteiger partial charge in [-0.05, 0) is 25.2 Å². The van der Waals surface area contributed by atoms with Crippen molar-refractivity contribution in [1.29, 1.82) is 0 Å². The molecule has 1 aliphatic rings. The van der Waals surface area contributed by atoms with Crippen molar-refractivity contribution >= 4 is 0 Å². The summed E-state index contributed by atoms with van der Waals surface area (Å²) in [7, 11) is 0. The summed E-state index contributed by atoms with van der Waals surface area (Å²) in [6.45, 7) is 3.74. The fourth-order valence-electron chi connectivity index (χ4n) is 1.83. The summed E-state index contributed by atoms with van der Waals surface area (Å²) in [5, 5.41) is 18.2. The van der Waals surface area contributed by atoms with Crippen LogP contribution in [0, 0.1) is 11.3 Å². The van der Waals surface area contributed by atoms with Crippen molar-refractivity contribution in [2.24, 2.45) is 11.3 Å². The Morgan fingerprint density at radius 3 is 2.23 bits per heavy atom. The van der Waals surface area contributed by atoms with Crippen LogP contribution < -0.4 is 0 Å². The van der Waals surface area contributed by atoms with Crippen molar-refractivity contribution in [3.05, 3.63) is 0 Å². The van der Waals surface area contributed by atoms with E-state index in [0.717, 1.165) is 32.5 Å². The lowest BCUT2D eigenvalue weighted by atomic mass is 9.79. The third kappa shape index (κ3) is 3.25. The zero-order valence-electron chi connectivity index (χ0n) is 8.33. The molecule has 13 heavy (non-hydrogen) atoms. The maximum atomic E-state index is 9.12. The Labute approximate surface area is 79.7 Å². The second kappa shape index (κ2) is 4.94. The molecule has 0 saturated carbocycles. The summed E-state index contributed by atoms with van der Waals surface area (Å²) < 4.78 is 5.26. The van der Waals surface area contributed by atoms with E-state index in [9.17, 15) is 0 Å². The van der Waals surface area contributed by atoms with Crippen LogP contribution in [0.4, 0.5) is 0 Å². The maximum absolute atomic E-state index is 9.12. The van der Waals surface area contributed by atoms with Crippen molar-refractivity contribution in [1.82, 2.24) is 0 Å². The van der Waals surface area contributed by atoms with Gasteiger partial charge in [0.25, 0.3) is 0 Å². The molecule has 0 spiro atoms. The summed E-state index contributed by atoms with van der Waals surface area (Å²) in [5.41, 5.74) is -0.304. The highest BCUT2D eigenvalue weighted by molar-refractivity contribution is 4.77. The fraction of sp³-hybridized carbons (Fsp3) is 1.00. The lowest BCUT2D eigenvalue weighted by molar-refractivity contribution is 0.0121. The molecule has 3 nitrogen and oxygen atoms in total. The van der Waals surface area contributed by atoms with Crippen molar-refractivity contribution < 1.29 is 14.9 Å². The minimum absolute atomic E-state index is 0.0703. The van der Waals surface area contributed by atoms with E-state index in [1.54, 1.807) is 0 Å². The molecular formula is C10H20O3. The molecule has 0 amide bonds. The Balaban J connectivity index is 2.35. The van der Waals surface area contributed by atoms with Crippen molar-refractivity contribution in [2.45, 2.75) is 26.2 Å². The molecule has 1 heterocycles. The number of hydrogen-bond donors (Lipinski definition) is 2. The zero-order valence-corrected chi connectivity index (χ0v) is 8.33. The van der Waals surface area contributed by atoms with Gasteiger partial charge in [-0.1, -0.05) is 6.92 Å². The molecule has 1 aliphatic heterocycles. The summed E-state index contributed by atoms with van der Waals surface area (Å²) in [5.74, 6) is 0.609. The number of rotatable bonds is 4. The van der Waals surface area contributed by atoms with E-state index in [0.29, 0.717) is 5.92 Å². The van der Waals surface area contributed by atoms with Gasteiger partial charge in [-0.3, -0.25) is 0 Å². The lowest BCUT2D eigenvalue weighted by Gasteiger charge is -2.31. The van der Waals surface area contributed by atoms with Gasteiger partial charge in [0.05, 0.1) is 13.2 Å². The standard InChI is InChI=1S/C10H20O3/c1-10(7-11,8-12)6-9-2-4-13-5-3-9/h9,11-12H,2-8H2,1H3. The first-order valence-electron chi connectivity index (χ1n) is 5.00. The molecule has 0 aromatic rings. The SMILES string of the molecule is CC(CO)(CO)CC1CCOCC1. The van der Waals surface area contributed by atoms with Crippen LogP contribution in [0.25, 0.3) is 0 Å². The second-order valence-corrected chi connectivity index (χ2v) is 4.39. The van der Waals surface area contributed by atoms with Crippen LogP contribution in [0.3, 0.4) is 0 Å². The first kappa shape index (κ1) is 11.0. The molecule has 0 aromatic carbocycles. The van der Waals surface area contributed by atoms with Gasteiger partial charge in [0.1, 0.15) is 0 Å². The van der Waals surface area contributed by atoms with Crippen molar-refractivity contribution in [3.8, 4) is 0 Å². The molecular weight excluding hydrogens is 168 g/mol. The van der Waals surface area contributed by atoms with Gasteiger partial charge in [-0.25, -0.2) is 0 Å². The van der Waals surface area contributed by atoms with E-state index in [2.05, 4.69) is 0 Å². The number of ether oxygens (including phenoxy) is 1. The molecule has 1 fully saturated rings. The van der Waals surface area contributed by atoms with Crippen LogP contribution in [-0.2, 0) is 4.74 Å². The molecule has 78 valence electrons. The fourth-order valence-corrected chi connectivity index (χ4v) is 1.83. The topological polar surface area (TPSA) is 49.7 Å². The van der Waals surface area contributed by atoms with Gasteiger partial charge >= 0.3 is 0 Å². The molecule has 1 saturated heterocycles. The summed E-state index contributed by atoms with van der Waals surface area (Å²) >= 11 is 0. The number of hydrogen-bond acceptors (Lipinski definition) is 3. The van der Waals surface area contributed by atoms with Crippen molar-refractivity contribution in [2.75, 3.05) is 26.4 Å². The minimum atomic E-state index is -0.304. The van der Waals surface area contributed by atoms with Crippen LogP contribution >= 0.6 is 0 Å². The molecule has 0 radical (unpaired) electrons. The molecule has 0 bridgehead atoms. The highest BCUT2D eigenvalue weighted by Gasteiger charge is 2.27. The van der Waals surface area contributed by atoms with Gasteiger partial charge < -0.3 is 14.9 Å². The van der Waals surface area contributed by atoms with Gasteiger partial charge in [0, 0.05) is 18.6 Å². The molecule has 0 aromatic heterocycles. The predicted molar refractivity (Wildman–Crippen MR) is 50.4 cm³/mol. The first-order chi connectivity index (χ1) is 6.20. The van der Waals surface area contributed by atoms with Crippen LogP contribution in [0.15, 0.2) is 0 Å². The van der Waals surface area contributed by atoms with E-state index in [1.807, 2.05) is 6.92 Å². The summed E-state index contributed by atoms with van der Waals surface area (Å²) in [6, 6.07) is 0. The molecule has 3 heteroatoms. The highest BCUT2D eigenvalue weighted by atomic mass is 16.5. The van der Waals surface area contributed by atoms with Crippen LogP contribution in [0.1, 0.15) is 26.2 Å². The molecule has 0 unspecified atom stereocenters. The number of aliphatic hydroxyl groups excluding tert-OH is 2. The van der Waals surface area contributed by atoms with Crippen molar-refractivity contribution in [3.63, 3.8) is 0 Å². The zero-order chi connectivity index (χ0) is 9.73. The molecule has 2 N–H and O–H groups in total. The Morgan fingerprint density at radius 1 is 1.23 bits per heavy atom. The third-order valence-corrected chi connectivity index (χ3v) is 2.89. The first-order valence-corrected chi connectivity index (χ1v) is 5.00. The predicted octanol–water partition coefficient (Wildman–Crippen LogP) is 0.794. The summed E-state index contributed by atoms with van der Waals surface area (Å²) in [4.78, 5) is 0. The molecule has 0 aliphatic carbocycles. The largest absolute Gasteiger partial charge is 0.396 e. The van der Waals surface area contributed by atoms with Gasteiger partial charge in [-0.2, -0.15) is 0 Å². The van der Waals surface area contributed by atoms with E-state index in [-0.39, 0.29) is 18.6 Å². The Morgan fingerprint density at radius 2 is 1.77 bits per heavy atom. The number of aliphatic hydroxyl groups is 2. The lowest BCUT2D eigenvalue weighted by Crippen LogP contribution is -2.31. The normalized spacial score (nSPS) is 20.5. The summed E-state index contributed by atoms with van der Waals surface area (Å²) in [6.07, 6.45) is 3.04. The van der Waals surface area contributed by atoms with Gasteiger partial charge in [-0.15, -0.1) is 0 Å².